The van der Waals surface area contributed by atoms with Gasteiger partial charge in [-0.3, -0.25) is 14.5 Å². The van der Waals surface area contributed by atoms with Gasteiger partial charge in [0.1, 0.15) is 6.54 Å². The molecule has 0 atom stereocenters. The molecule has 2 fully saturated rings. The van der Waals surface area contributed by atoms with Crippen LogP contribution in [0.15, 0.2) is 24.3 Å². The second-order valence-corrected chi connectivity index (χ2v) is 7.11. The number of carbonyl (C=O) groups is 2. The third-order valence-electron chi connectivity index (χ3n) is 4.37. The first-order valence-corrected chi connectivity index (χ1v) is 9.18. The lowest BCUT2D eigenvalue weighted by Gasteiger charge is -2.18. The van der Waals surface area contributed by atoms with Gasteiger partial charge in [0.2, 0.25) is 5.91 Å². The zero-order valence-electron chi connectivity index (χ0n) is 13.3. The lowest BCUT2D eigenvalue weighted by molar-refractivity contribution is -0.121. The van der Waals surface area contributed by atoms with E-state index in [1.807, 2.05) is 6.07 Å². The van der Waals surface area contributed by atoms with Crippen molar-refractivity contribution in [2.24, 2.45) is 0 Å². The predicted molar refractivity (Wildman–Crippen MR) is 92.2 cm³/mol. The minimum atomic E-state index is -0.0863. The van der Waals surface area contributed by atoms with Crippen molar-refractivity contribution in [2.45, 2.75) is 25.9 Å². The zero-order chi connectivity index (χ0) is 16.1. The Balaban J connectivity index is 1.53. The normalized spacial score (nSPS) is 18.6. The van der Waals surface area contributed by atoms with Crippen molar-refractivity contribution < 1.29 is 9.59 Å². The standard InChI is InChI=1S/C17H23N3O2S/c21-16(13-20-9-10-23-17(20)22)18-11-14-5-1-2-6-15(14)12-19-7-3-4-8-19/h1-2,5-6H,3-4,7-13H2,(H,18,21). The summed E-state index contributed by atoms with van der Waals surface area (Å²) in [6, 6.07) is 8.27. The molecule has 1 N–H and O–H groups in total. The van der Waals surface area contributed by atoms with Crippen LogP contribution in [0.25, 0.3) is 0 Å². The highest BCUT2D eigenvalue weighted by Crippen LogP contribution is 2.17. The number of hydrogen-bond donors (Lipinski definition) is 1. The highest BCUT2D eigenvalue weighted by molar-refractivity contribution is 8.13. The number of benzene rings is 1. The number of hydrogen-bond acceptors (Lipinski definition) is 4. The molecule has 2 aliphatic heterocycles. The van der Waals surface area contributed by atoms with E-state index in [1.54, 1.807) is 4.90 Å². The molecule has 2 heterocycles. The van der Waals surface area contributed by atoms with E-state index in [2.05, 4.69) is 28.4 Å². The van der Waals surface area contributed by atoms with Gasteiger partial charge in [0.25, 0.3) is 5.24 Å². The summed E-state index contributed by atoms with van der Waals surface area (Å²) in [5.41, 5.74) is 2.44. The van der Waals surface area contributed by atoms with Gasteiger partial charge in [-0.1, -0.05) is 36.0 Å². The molecule has 23 heavy (non-hydrogen) atoms. The van der Waals surface area contributed by atoms with Gasteiger partial charge in [-0.05, 0) is 37.1 Å². The maximum atomic E-state index is 12.0. The fourth-order valence-electron chi connectivity index (χ4n) is 3.06. The minimum Gasteiger partial charge on any atom is -0.350 e. The van der Waals surface area contributed by atoms with Crippen LogP contribution in [0.4, 0.5) is 4.79 Å². The van der Waals surface area contributed by atoms with Crippen molar-refractivity contribution in [3.8, 4) is 0 Å². The highest BCUT2D eigenvalue weighted by atomic mass is 32.2. The quantitative estimate of drug-likeness (QED) is 0.866. The molecule has 124 valence electrons. The molecular formula is C17H23N3O2S. The van der Waals surface area contributed by atoms with Gasteiger partial charge in [0.05, 0.1) is 0 Å². The molecule has 2 saturated heterocycles. The molecule has 0 aliphatic carbocycles. The van der Waals surface area contributed by atoms with Gasteiger partial charge in [0, 0.05) is 25.4 Å². The van der Waals surface area contributed by atoms with Gasteiger partial charge < -0.3 is 10.2 Å². The van der Waals surface area contributed by atoms with Gasteiger partial charge in [-0.15, -0.1) is 0 Å². The third kappa shape index (κ3) is 4.48. The highest BCUT2D eigenvalue weighted by Gasteiger charge is 2.23. The van der Waals surface area contributed by atoms with Crippen LogP contribution in [0.2, 0.25) is 0 Å². The summed E-state index contributed by atoms with van der Waals surface area (Å²) < 4.78 is 0. The largest absolute Gasteiger partial charge is 0.350 e. The van der Waals surface area contributed by atoms with Crippen molar-refractivity contribution in [1.82, 2.24) is 15.1 Å². The molecule has 3 rings (SSSR count). The van der Waals surface area contributed by atoms with Gasteiger partial charge in [0.15, 0.2) is 0 Å². The van der Waals surface area contributed by atoms with E-state index in [0.29, 0.717) is 13.1 Å². The molecule has 5 nitrogen and oxygen atoms in total. The molecule has 0 radical (unpaired) electrons. The number of amides is 2. The number of rotatable bonds is 6. The van der Waals surface area contributed by atoms with E-state index in [4.69, 9.17) is 0 Å². The van der Waals surface area contributed by atoms with E-state index in [1.165, 1.54) is 30.2 Å². The van der Waals surface area contributed by atoms with Crippen LogP contribution in [-0.4, -0.2) is 52.9 Å². The monoisotopic (exact) mass is 333 g/mol. The van der Waals surface area contributed by atoms with Crippen molar-refractivity contribution in [1.29, 1.82) is 0 Å². The second-order valence-electron chi connectivity index (χ2n) is 6.06. The Morgan fingerprint density at radius 3 is 2.57 bits per heavy atom. The summed E-state index contributed by atoms with van der Waals surface area (Å²) in [6.07, 6.45) is 2.56. The summed E-state index contributed by atoms with van der Waals surface area (Å²) in [5.74, 6) is 0.696. The SMILES string of the molecule is O=C(CN1CCSC1=O)NCc1ccccc1CN1CCCC1. The molecule has 2 amide bonds. The van der Waals surface area contributed by atoms with Crippen molar-refractivity contribution in [2.75, 3.05) is 31.9 Å². The number of likely N-dealkylation sites (tertiary alicyclic amines) is 1. The Labute approximate surface area is 141 Å². The van der Waals surface area contributed by atoms with E-state index in [9.17, 15) is 9.59 Å². The maximum Gasteiger partial charge on any atom is 0.282 e. The van der Waals surface area contributed by atoms with Crippen molar-refractivity contribution in [3.63, 3.8) is 0 Å². The minimum absolute atomic E-state index is 0.00887. The molecule has 0 aromatic heterocycles. The molecular weight excluding hydrogens is 310 g/mol. The van der Waals surface area contributed by atoms with Crippen molar-refractivity contribution >= 4 is 22.9 Å². The Morgan fingerprint density at radius 1 is 1.13 bits per heavy atom. The molecule has 0 bridgehead atoms. The zero-order valence-corrected chi connectivity index (χ0v) is 14.1. The fourth-order valence-corrected chi connectivity index (χ4v) is 3.88. The molecule has 0 saturated carbocycles. The first-order valence-electron chi connectivity index (χ1n) is 8.20. The molecule has 2 aliphatic rings. The number of carbonyl (C=O) groups excluding carboxylic acids is 2. The van der Waals surface area contributed by atoms with E-state index in [0.717, 1.165) is 31.0 Å². The Kier molecular flexibility index (Phi) is 5.56. The van der Waals surface area contributed by atoms with Gasteiger partial charge in [-0.25, -0.2) is 0 Å². The molecule has 0 unspecified atom stereocenters. The summed E-state index contributed by atoms with van der Waals surface area (Å²) >= 11 is 1.28. The summed E-state index contributed by atoms with van der Waals surface area (Å²) in [4.78, 5) is 27.7. The fraction of sp³-hybridized carbons (Fsp3) is 0.529. The first-order chi connectivity index (χ1) is 11.2. The van der Waals surface area contributed by atoms with Crippen molar-refractivity contribution in [3.05, 3.63) is 35.4 Å². The van der Waals surface area contributed by atoms with Crippen LogP contribution in [-0.2, 0) is 17.9 Å². The third-order valence-corrected chi connectivity index (χ3v) is 5.26. The van der Waals surface area contributed by atoms with E-state index >= 15 is 0 Å². The second kappa shape index (κ2) is 7.84. The molecule has 0 spiro atoms. The van der Waals surface area contributed by atoms with Crippen LogP contribution >= 0.6 is 11.8 Å². The van der Waals surface area contributed by atoms with Gasteiger partial charge in [-0.2, -0.15) is 0 Å². The lowest BCUT2D eigenvalue weighted by Crippen LogP contribution is -2.37. The Bertz CT molecular complexity index is 573. The van der Waals surface area contributed by atoms with Crippen LogP contribution in [0, 0.1) is 0 Å². The summed E-state index contributed by atoms with van der Waals surface area (Å²) in [5, 5.41) is 2.96. The summed E-state index contributed by atoms with van der Waals surface area (Å²) in [7, 11) is 0. The number of thioether (sulfide) groups is 1. The van der Waals surface area contributed by atoms with Crippen LogP contribution in [0.3, 0.4) is 0 Å². The first kappa shape index (κ1) is 16.3. The molecule has 1 aromatic rings. The smallest absolute Gasteiger partial charge is 0.282 e. The van der Waals surface area contributed by atoms with E-state index < -0.39 is 0 Å². The van der Waals surface area contributed by atoms with Crippen LogP contribution in [0.5, 0.6) is 0 Å². The van der Waals surface area contributed by atoms with Gasteiger partial charge >= 0.3 is 0 Å². The predicted octanol–water partition coefficient (Wildman–Crippen LogP) is 2.07. The van der Waals surface area contributed by atoms with Crippen LogP contribution in [0.1, 0.15) is 24.0 Å². The number of nitrogens with one attached hydrogen (secondary N) is 1. The average Bonchev–Trinajstić information content (AvgIpc) is 3.19. The average molecular weight is 333 g/mol. The molecule has 6 heteroatoms. The summed E-state index contributed by atoms with van der Waals surface area (Å²) in [6.45, 7) is 4.64. The number of nitrogens with zero attached hydrogens (tertiary/aromatic N) is 2. The Hall–Kier alpha value is -1.53. The van der Waals surface area contributed by atoms with Crippen LogP contribution < -0.4 is 5.32 Å². The topological polar surface area (TPSA) is 52.7 Å². The maximum absolute atomic E-state index is 12.0. The lowest BCUT2D eigenvalue weighted by atomic mass is 10.1. The Morgan fingerprint density at radius 2 is 1.87 bits per heavy atom. The van der Waals surface area contributed by atoms with E-state index in [-0.39, 0.29) is 17.7 Å². The molecule has 1 aromatic carbocycles.